The van der Waals surface area contributed by atoms with Crippen molar-refractivity contribution in [1.82, 2.24) is 0 Å². The van der Waals surface area contributed by atoms with Crippen LogP contribution >= 0.6 is 34.8 Å². The van der Waals surface area contributed by atoms with Crippen molar-refractivity contribution in [3.05, 3.63) is 98.0 Å². The molecule has 0 aromatic heterocycles. The predicted molar refractivity (Wildman–Crippen MR) is 126 cm³/mol. The third-order valence-electron chi connectivity index (χ3n) is 4.30. The quantitative estimate of drug-likeness (QED) is 0.308. The Morgan fingerprint density at radius 2 is 1.65 bits per heavy atom. The molecular formula is C24H17Cl3N2O2. The molecule has 1 amide bonds. The fraction of sp³-hybridized carbons (Fsp3) is 0.0833. The van der Waals surface area contributed by atoms with Crippen molar-refractivity contribution in [2.45, 2.75) is 13.5 Å². The van der Waals surface area contributed by atoms with Gasteiger partial charge >= 0.3 is 0 Å². The zero-order valence-corrected chi connectivity index (χ0v) is 18.7. The largest absolute Gasteiger partial charge is 0.486 e. The lowest BCUT2D eigenvalue weighted by molar-refractivity contribution is -0.112. The van der Waals surface area contributed by atoms with Crippen molar-refractivity contribution >= 4 is 52.5 Å². The molecule has 0 heterocycles. The minimum atomic E-state index is -0.526. The number of carbonyl (C=O) groups is 1. The average molecular weight is 472 g/mol. The zero-order valence-electron chi connectivity index (χ0n) is 16.5. The number of anilines is 1. The molecule has 156 valence electrons. The highest BCUT2D eigenvalue weighted by Crippen LogP contribution is 2.35. The Hall–Kier alpha value is -2.97. The summed E-state index contributed by atoms with van der Waals surface area (Å²) < 4.78 is 5.74. The Morgan fingerprint density at radius 1 is 1.03 bits per heavy atom. The zero-order chi connectivity index (χ0) is 22.4. The van der Waals surface area contributed by atoms with E-state index in [1.54, 1.807) is 36.4 Å². The van der Waals surface area contributed by atoms with Gasteiger partial charge in [0.25, 0.3) is 5.91 Å². The van der Waals surface area contributed by atoms with Gasteiger partial charge in [-0.15, -0.1) is 0 Å². The first-order valence-electron chi connectivity index (χ1n) is 9.22. The fourth-order valence-electron chi connectivity index (χ4n) is 2.69. The van der Waals surface area contributed by atoms with Gasteiger partial charge in [0.1, 0.15) is 18.2 Å². The van der Waals surface area contributed by atoms with Crippen LogP contribution in [0.5, 0.6) is 5.75 Å². The van der Waals surface area contributed by atoms with Crippen molar-refractivity contribution < 1.29 is 9.53 Å². The Morgan fingerprint density at radius 3 is 2.23 bits per heavy atom. The monoisotopic (exact) mass is 470 g/mol. The smallest absolute Gasteiger partial charge is 0.266 e. The number of rotatable bonds is 6. The van der Waals surface area contributed by atoms with Gasteiger partial charge < -0.3 is 10.1 Å². The molecule has 0 fully saturated rings. The van der Waals surface area contributed by atoms with E-state index < -0.39 is 5.91 Å². The van der Waals surface area contributed by atoms with E-state index in [-0.39, 0.29) is 22.2 Å². The van der Waals surface area contributed by atoms with Crippen LogP contribution in [0.25, 0.3) is 6.08 Å². The summed E-state index contributed by atoms with van der Waals surface area (Å²) in [5, 5.41) is 13.3. The molecule has 1 N–H and O–H groups in total. The van der Waals surface area contributed by atoms with Crippen LogP contribution in [0, 0.1) is 18.3 Å². The van der Waals surface area contributed by atoms with Gasteiger partial charge in [-0.1, -0.05) is 64.6 Å². The van der Waals surface area contributed by atoms with Gasteiger partial charge in [-0.05, 0) is 60.5 Å². The summed E-state index contributed by atoms with van der Waals surface area (Å²) in [6.07, 6.45) is 1.42. The number of ether oxygens (including phenoxy) is 1. The van der Waals surface area contributed by atoms with Crippen molar-refractivity contribution in [3.63, 3.8) is 0 Å². The molecule has 0 unspecified atom stereocenters. The average Bonchev–Trinajstić information content (AvgIpc) is 2.74. The molecule has 0 saturated heterocycles. The summed E-state index contributed by atoms with van der Waals surface area (Å²) in [6, 6.07) is 19.6. The third-order valence-corrected chi connectivity index (χ3v) is 5.12. The SMILES string of the molecule is Cc1ccc(NC(=O)/C(C#N)=C/c2cc(Cl)c(OCc3ccc(Cl)cc3)c(Cl)c2)cc1. The Bertz CT molecular complexity index is 1140. The third kappa shape index (κ3) is 6.26. The van der Waals surface area contributed by atoms with E-state index in [4.69, 9.17) is 39.5 Å². The van der Waals surface area contributed by atoms with E-state index in [1.807, 2.05) is 37.3 Å². The number of amides is 1. The maximum Gasteiger partial charge on any atom is 0.266 e. The predicted octanol–water partition coefficient (Wildman–Crippen LogP) is 7.08. The van der Waals surface area contributed by atoms with Gasteiger partial charge in [-0.3, -0.25) is 4.79 Å². The van der Waals surface area contributed by atoms with Crippen LogP contribution in [0.4, 0.5) is 5.69 Å². The Balaban J connectivity index is 1.76. The minimum Gasteiger partial charge on any atom is -0.486 e. The molecule has 3 rings (SSSR count). The van der Waals surface area contributed by atoms with Gasteiger partial charge in [0.05, 0.1) is 10.0 Å². The number of hydrogen-bond donors (Lipinski definition) is 1. The number of hydrogen-bond acceptors (Lipinski definition) is 3. The van der Waals surface area contributed by atoms with Gasteiger partial charge in [0.15, 0.2) is 5.75 Å². The molecule has 3 aromatic rings. The van der Waals surface area contributed by atoms with E-state index in [2.05, 4.69) is 5.32 Å². The van der Waals surface area contributed by atoms with Crippen molar-refractivity contribution in [2.75, 3.05) is 5.32 Å². The van der Waals surface area contributed by atoms with Crippen molar-refractivity contribution in [3.8, 4) is 11.8 Å². The number of benzene rings is 3. The second-order valence-corrected chi connectivity index (χ2v) is 7.97. The van der Waals surface area contributed by atoms with Gasteiger partial charge in [0, 0.05) is 10.7 Å². The molecule has 0 radical (unpaired) electrons. The topological polar surface area (TPSA) is 62.1 Å². The Labute approximate surface area is 195 Å². The van der Waals surface area contributed by atoms with Crippen LogP contribution in [0.3, 0.4) is 0 Å². The summed E-state index contributed by atoms with van der Waals surface area (Å²) >= 11 is 18.6. The molecule has 0 bridgehead atoms. The number of nitrogens with zero attached hydrogens (tertiary/aromatic N) is 1. The lowest BCUT2D eigenvalue weighted by atomic mass is 10.1. The standard InChI is InChI=1S/C24H17Cl3N2O2/c1-15-2-8-20(9-3-15)29-24(30)18(13-28)10-17-11-21(26)23(22(27)12-17)31-14-16-4-6-19(25)7-5-16/h2-12H,14H2,1H3,(H,29,30)/b18-10+. The molecule has 0 spiro atoms. The van der Waals surface area contributed by atoms with E-state index in [9.17, 15) is 10.1 Å². The molecule has 0 aliphatic carbocycles. The molecule has 31 heavy (non-hydrogen) atoms. The molecule has 0 saturated carbocycles. The molecular weight excluding hydrogens is 455 g/mol. The maximum atomic E-state index is 12.5. The van der Waals surface area contributed by atoms with E-state index in [1.165, 1.54) is 6.08 Å². The highest BCUT2D eigenvalue weighted by molar-refractivity contribution is 6.37. The second kappa shape index (κ2) is 10.4. The second-order valence-electron chi connectivity index (χ2n) is 6.72. The first-order chi connectivity index (χ1) is 14.9. The molecule has 4 nitrogen and oxygen atoms in total. The summed E-state index contributed by atoms with van der Waals surface area (Å²) in [4.78, 5) is 12.5. The lowest BCUT2D eigenvalue weighted by Gasteiger charge is -2.11. The summed E-state index contributed by atoms with van der Waals surface area (Å²) in [6.45, 7) is 2.21. The highest BCUT2D eigenvalue weighted by atomic mass is 35.5. The number of aryl methyl sites for hydroxylation is 1. The number of halogens is 3. The molecule has 0 aliphatic heterocycles. The van der Waals surface area contributed by atoms with Crippen LogP contribution in [0.2, 0.25) is 15.1 Å². The number of nitrogens with one attached hydrogen (secondary N) is 1. The van der Waals surface area contributed by atoms with E-state index >= 15 is 0 Å². The molecule has 0 atom stereocenters. The van der Waals surface area contributed by atoms with Gasteiger partial charge in [0.2, 0.25) is 0 Å². The van der Waals surface area contributed by atoms with Crippen LogP contribution in [0.15, 0.2) is 66.2 Å². The number of carbonyl (C=O) groups excluding carboxylic acids is 1. The minimum absolute atomic E-state index is 0.0810. The fourth-order valence-corrected chi connectivity index (χ4v) is 3.43. The van der Waals surface area contributed by atoms with Crippen LogP contribution in [0.1, 0.15) is 16.7 Å². The Kier molecular flexibility index (Phi) is 7.59. The lowest BCUT2D eigenvalue weighted by Crippen LogP contribution is -2.13. The van der Waals surface area contributed by atoms with Gasteiger partial charge in [-0.2, -0.15) is 5.26 Å². The van der Waals surface area contributed by atoms with Crippen molar-refractivity contribution in [1.29, 1.82) is 5.26 Å². The summed E-state index contributed by atoms with van der Waals surface area (Å²) in [7, 11) is 0. The summed E-state index contributed by atoms with van der Waals surface area (Å²) in [5.74, 6) is -0.209. The highest BCUT2D eigenvalue weighted by Gasteiger charge is 2.13. The van der Waals surface area contributed by atoms with E-state index in [0.717, 1.165) is 11.1 Å². The van der Waals surface area contributed by atoms with Crippen LogP contribution in [-0.2, 0) is 11.4 Å². The molecule has 0 aliphatic rings. The molecule has 3 aromatic carbocycles. The van der Waals surface area contributed by atoms with Crippen LogP contribution in [-0.4, -0.2) is 5.91 Å². The van der Waals surface area contributed by atoms with Gasteiger partial charge in [-0.25, -0.2) is 0 Å². The molecule has 7 heteroatoms. The van der Waals surface area contributed by atoms with E-state index in [0.29, 0.717) is 22.0 Å². The number of nitriles is 1. The van der Waals surface area contributed by atoms with Crippen LogP contribution < -0.4 is 10.1 Å². The summed E-state index contributed by atoms with van der Waals surface area (Å²) in [5.41, 5.74) is 2.99. The first-order valence-corrected chi connectivity index (χ1v) is 10.3. The normalized spacial score (nSPS) is 11.0. The van der Waals surface area contributed by atoms with Crippen molar-refractivity contribution in [2.24, 2.45) is 0 Å². The first kappa shape index (κ1) is 22.7. The maximum absolute atomic E-state index is 12.5.